The van der Waals surface area contributed by atoms with Gasteiger partial charge in [0.05, 0.1) is 26.9 Å². The fraction of sp³-hybridized carbons (Fsp3) is 0.370. The molecule has 1 aromatic heterocycles. The van der Waals surface area contributed by atoms with E-state index in [0.717, 1.165) is 36.1 Å². The molecule has 1 aliphatic rings. The lowest BCUT2D eigenvalue weighted by Gasteiger charge is -2.30. The van der Waals surface area contributed by atoms with E-state index >= 15 is 0 Å². The summed E-state index contributed by atoms with van der Waals surface area (Å²) in [6.07, 6.45) is 4.27. The number of thiophene rings is 1. The van der Waals surface area contributed by atoms with E-state index in [9.17, 15) is 4.79 Å². The predicted octanol–water partition coefficient (Wildman–Crippen LogP) is 5.94. The Labute approximate surface area is 205 Å². The number of carbonyl (C=O) groups is 1. The number of amides is 1. The van der Waals surface area contributed by atoms with Crippen LogP contribution in [0.3, 0.4) is 0 Å². The van der Waals surface area contributed by atoms with Crippen LogP contribution in [0.4, 0.5) is 0 Å². The van der Waals surface area contributed by atoms with Crippen molar-refractivity contribution in [1.29, 1.82) is 0 Å². The molecule has 0 atom stereocenters. The van der Waals surface area contributed by atoms with E-state index in [1.807, 2.05) is 40.6 Å². The van der Waals surface area contributed by atoms with Crippen LogP contribution in [0.5, 0.6) is 23.0 Å². The Bertz CT molecular complexity index is 1090. The summed E-state index contributed by atoms with van der Waals surface area (Å²) in [6, 6.07) is 15.5. The molecule has 0 saturated heterocycles. The van der Waals surface area contributed by atoms with Crippen molar-refractivity contribution in [2.24, 2.45) is 0 Å². The highest BCUT2D eigenvalue weighted by molar-refractivity contribution is 7.09. The van der Waals surface area contributed by atoms with Gasteiger partial charge >= 0.3 is 0 Å². The van der Waals surface area contributed by atoms with E-state index in [1.54, 1.807) is 50.9 Å². The smallest absolute Gasteiger partial charge is 0.258 e. The molecule has 34 heavy (non-hydrogen) atoms. The summed E-state index contributed by atoms with van der Waals surface area (Å²) in [5.41, 5.74) is 1.53. The summed E-state index contributed by atoms with van der Waals surface area (Å²) in [5.74, 6) is 2.49. The van der Waals surface area contributed by atoms with Crippen LogP contribution in [0, 0.1) is 0 Å². The van der Waals surface area contributed by atoms with Gasteiger partial charge in [-0.05, 0) is 54.1 Å². The van der Waals surface area contributed by atoms with Crippen LogP contribution in [-0.2, 0) is 13.2 Å². The molecule has 3 aromatic rings. The third kappa shape index (κ3) is 5.47. The van der Waals surface area contributed by atoms with E-state index < -0.39 is 0 Å². The lowest BCUT2D eigenvalue weighted by molar-refractivity contribution is 0.0660. The van der Waals surface area contributed by atoms with E-state index in [0.29, 0.717) is 41.7 Å². The Kier molecular flexibility index (Phi) is 7.95. The van der Waals surface area contributed by atoms with Gasteiger partial charge < -0.3 is 23.8 Å². The summed E-state index contributed by atoms with van der Waals surface area (Å²) in [7, 11) is 4.81. The highest BCUT2D eigenvalue weighted by atomic mass is 32.1. The Morgan fingerprint density at radius 1 is 0.941 bits per heavy atom. The predicted molar refractivity (Wildman–Crippen MR) is 133 cm³/mol. The van der Waals surface area contributed by atoms with Gasteiger partial charge in [0.15, 0.2) is 11.5 Å². The number of nitrogens with zero attached hydrogens (tertiary/aromatic N) is 1. The van der Waals surface area contributed by atoms with Crippen molar-refractivity contribution in [3.63, 3.8) is 0 Å². The van der Waals surface area contributed by atoms with Crippen LogP contribution in [0.15, 0.2) is 53.9 Å². The Morgan fingerprint density at radius 2 is 1.74 bits per heavy atom. The monoisotopic (exact) mass is 481 g/mol. The molecule has 0 spiro atoms. The van der Waals surface area contributed by atoms with Crippen LogP contribution in [0.2, 0.25) is 0 Å². The Morgan fingerprint density at radius 3 is 2.41 bits per heavy atom. The molecular formula is C27H31NO5S. The molecule has 7 heteroatoms. The molecule has 0 radical (unpaired) electrons. The van der Waals surface area contributed by atoms with Crippen molar-refractivity contribution >= 4 is 17.2 Å². The molecule has 1 saturated carbocycles. The van der Waals surface area contributed by atoms with Crippen molar-refractivity contribution in [3.05, 3.63) is 69.9 Å². The summed E-state index contributed by atoms with van der Waals surface area (Å²) >= 11 is 1.66. The molecule has 180 valence electrons. The Balaban J connectivity index is 1.60. The fourth-order valence-corrected chi connectivity index (χ4v) is 5.00. The van der Waals surface area contributed by atoms with Crippen LogP contribution >= 0.6 is 11.3 Å². The number of methoxy groups -OCH3 is 3. The van der Waals surface area contributed by atoms with E-state index in [2.05, 4.69) is 0 Å². The number of hydrogen-bond acceptors (Lipinski definition) is 6. The molecule has 4 rings (SSSR count). The first-order valence-electron chi connectivity index (χ1n) is 11.5. The minimum absolute atomic E-state index is 0.0386. The zero-order valence-corrected chi connectivity index (χ0v) is 20.7. The maximum atomic E-state index is 13.8. The molecule has 6 nitrogen and oxygen atoms in total. The van der Waals surface area contributed by atoms with Gasteiger partial charge in [-0.2, -0.15) is 0 Å². The third-order valence-electron chi connectivity index (χ3n) is 6.20. The molecule has 1 heterocycles. The molecule has 1 fully saturated rings. The number of rotatable bonds is 10. The lowest BCUT2D eigenvalue weighted by Crippen LogP contribution is -2.38. The van der Waals surface area contributed by atoms with Crippen LogP contribution in [-0.4, -0.2) is 38.2 Å². The van der Waals surface area contributed by atoms with E-state index in [4.69, 9.17) is 18.9 Å². The average molecular weight is 482 g/mol. The zero-order chi connectivity index (χ0) is 23.9. The van der Waals surface area contributed by atoms with Gasteiger partial charge in [-0.25, -0.2) is 0 Å². The largest absolute Gasteiger partial charge is 0.497 e. The molecule has 1 aliphatic carbocycles. The second kappa shape index (κ2) is 11.3. The minimum Gasteiger partial charge on any atom is -0.497 e. The molecule has 0 N–H and O–H groups in total. The highest BCUT2D eigenvalue weighted by Gasteiger charge is 2.29. The first-order chi connectivity index (χ1) is 16.6. The first kappa shape index (κ1) is 24.0. The average Bonchev–Trinajstić information content (AvgIpc) is 3.60. The maximum Gasteiger partial charge on any atom is 0.258 e. The van der Waals surface area contributed by atoms with Gasteiger partial charge in [0.1, 0.15) is 18.1 Å². The van der Waals surface area contributed by atoms with Crippen LogP contribution < -0.4 is 18.9 Å². The van der Waals surface area contributed by atoms with Gasteiger partial charge in [0.25, 0.3) is 5.91 Å². The normalized spacial score (nSPS) is 13.5. The maximum absolute atomic E-state index is 13.8. The molecule has 1 amide bonds. The first-order valence-corrected chi connectivity index (χ1v) is 12.4. The molecule has 0 unspecified atom stereocenters. The van der Waals surface area contributed by atoms with Crippen molar-refractivity contribution in [1.82, 2.24) is 4.90 Å². The van der Waals surface area contributed by atoms with Gasteiger partial charge in [0, 0.05) is 23.5 Å². The quantitative estimate of drug-likeness (QED) is 0.359. The highest BCUT2D eigenvalue weighted by Crippen LogP contribution is 2.33. The topological polar surface area (TPSA) is 57.2 Å². The summed E-state index contributed by atoms with van der Waals surface area (Å²) in [4.78, 5) is 16.9. The fourth-order valence-electron chi connectivity index (χ4n) is 4.39. The van der Waals surface area contributed by atoms with E-state index in [1.165, 1.54) is 0 Å². The second-order valence-corrected chi connectivity index (χ2v) is 9.32. The van der Waals surface area contributed by atoms with Crippen LogP contribution in [0.1, 0.15) is 46.5 Å². The molecule has 0 aliphatic heterocycles. The summed E-state index contributed by atoms with van der Waals surface area (Å²) < 4.78 is 22.4. The van der Waals surface area contributed by atoms with Crippen molar-refractivity contribution in [2.45, 2.75) is 44.9 Å². The second-order valence-electron chi connectivity index (χ2n) is 8.29. The number of carbonyl (C=O) groups excluding carboxylic acids is 1. The van der Waals surface area contributed by atoms with Crippen LogP contribution in [0.25, 0.3) is 0 Å². The van der Waals surface area contributed by atoms with Gasteiger partial charge in [-0.3, -0.25) is 4.79 Å². The zero-order valence-electron chi connectivity index (χ0n) is 19.9. The summed E-state index contributed by atoms with van der Waals surface area (Å²) in [5, 5.41) is 2.03. The van der Waals surface area contributed by atoms with Gasteiger partial charge in [-0.1, -0.05) is 25.0 Å². The number of hydrogen-bond donors (Lipinski definition) is 0. The van der Waals surface area contributed by atoms with Crippen molar-refractivity contribution in [2.75, 3.05) is 21.3 Å². The third-order valence-corrected chi connectivity index (χ3v) is 7.05. The molecular weight excluding hydrogens is 450 g/mol. The number of ether oxygens (including phenoxy) is 4. The molecule has 0 bridgehead atoms. The van der Waals surface area contributed by atoms with Crippen molar-refractivity contribution in [3.8, 4) is 23.0 Å². The van der Waals surface area contributed by atoms with Crippen molar-refractivity contribution < 1.29 is 23.7 Å². The minimum atomic E-state index is -0.0386. The lowest BCUT2D eigenvalue weighted by atomic mass is 10.1. The molecule has 2 aromatic carbocycles. The SMILES string of the molecule is COc1ccc(C(=O)N(Cc2ccc(OC)c(OCc3cccs3)c2)C2CCCC2)c(OC)c1. The Hall–Kier alpha value is -3.19. The van der Waals surface area contributed by atoms with Gasteiger partial charge in [-0.15, -0.1) is 11.3 Å². The number of benzene rings is 2. The standard InChI is InChI=1S/C27H31NO5S/c1-30-21-11-12-23(25(16-21)32-3)27(29)28(20-7-4-5-8-20)17-19-10-13-24(31-2)26(15-19)33-18-22-9-6-14-34-22/h6,9-16,20H,4-5,7-8,17-18H2,1-3H3. The van der Waals surface area contributed by atoms with Gasteiger partial charge in [0.2, 0.25) is 0 Å². The van der Waals surface area contributed by atoms with E-state index in [-0.39, 0.29) is 11.9 Å². The summed E-state index contributed by atoms with van der Waals surface area (Å²) in [6.45, 7) is 0.962.